The maximum atomic E-state index is 11.3. The molecule has 1 unspecified atom stereocenters. The smallest absolute Gasteiger partial charge is 0.326 e. The van der Waals surface area contributed by atoms with Crippen LogP contribution in [0.5, 0.6) is 0 Å². The number of hydrogen-bond acceptors (Lipinski definition) is 3. The van der Waals surface area contributed by atoms with E-state index in [-0.39, 0.29) is 11.9 Å². The van der Waals surface area contributed by atoms with Crippen molar-refractivity contribution in [3.63, 3.8) is 0 Å². The van der Waals surface area contributed by atoms with Crippen molar-refractivity contribution in [2.75, 3.05) is 7.05 Å². The number of rotatable bonds is 6. The molecular weight excluding hydrogens is 184 g/mol. The number of amides is 1. The predicted octanol–water partition coefficient (Wildman–Crippen LogP) is -0.0362. The molecule has 0 radical (unpaired) electrons. The van der Waals surface area contributed by atoms with E-state index < -0.39 is 12.0 Å². The van der Waals surface area contributed by atoms with Gasteiger partial charge in [-0.25, -0.2) is 4.79 Å². The highest BCUT2D eigenvalue weighted by Gasteiger charge is 2.20. The molecule has 0 saturated heterocycles. The molecule has 14 heavy (non-hydrogen) atoms. The zero-order valence-corrected chi connectivity index (χ0v) is 8.83. The molecule has 0 aromatic carbocycles. The van der Waals surface area contributed by atoms with Crippen molar-refractivity contribution in [2.45, 2.75) is 38.8 Å². The lowest BCUT2D eigenvalue weighted by Gasteiger charge is -2.16. The zero-order chi connectivity index (χ0) is 11.1. The molecular formula is C9H18N2O3. The molecule has 0 aromatic heterocycles. The summed E-state index contributed by atoms with van der Waals surface area (Å²) in [5.41, 5.74) is 0. The third-order valence-corrected chi connectivity index (χ3v) is 2.02. The zero-order valence-electron chi connectivity index (χ0n) is 8.83. The number of hydrogen-bond donors (Lipinski definition) is 3. The number of carboxylic acid groups (broad SMARTS) is 1. The van der Waals surface area contributed by atoms with E-state index in [1.165, 1.54) is 0 Å². The molecule has 0 heterocycles. The number of nitrogens with one attached hydrogen (secondary N) is 2. The Morgan fingerprint density at radius 1 is 1.43 bits per heavy atom. The Balaban J connectivity index is 4.15. The standard InChI is InChI=1S/C9H18N2O3/c1-4-5-7(9(13)14)11-8(12)6(2)10-3/h6-7,10H,4-5H2,1-3H3,(H,11,12)(H,13,14)/t6?,7-/m1/s1. The van der Waals surface area contributed by atoms with E-state index in [0.29, 0.717) is 6.42 Å². The molecule has 1 amide bonds. The van der Waals surface area contributed by atoms with Gasteiger partial charge in [0, 0.05) is 0 Å². The van der Waals surface area contributed by atoms with E-state index in [9.17, 15) is 9.59 Å². The molecule has 0 aromatic rings. The van der Waals surface area contributed by atoms with E-state index in [2.05, 4.69) is 10.6 Å². The van der Waals surface area contributed by atoms with Gasteiger partial charge in [0.15, 0.2) is 0 Å². The van der Waals surface area contributed by atoms with Crippen LogP contribution in [0.4, 0.5) is 0 Å². The molecule has 0 bridgehead atoms. The van der Waals surface area contributed by atoms with Crippen LogP contribution in [0.1, 0.15) is 26.7 Å². The van der Waals surface area contributed by atoms with Crippen LogP contribution in [0.3, 0.4) is 0 Å². The van der Waals surface area contributed by atoms with Crippen LogP contribution >= 0.6 is 0 Å². The number of likely N-dealkylation sites (N-methyl/N-ethyl adjacent to an activating group) is 1. The van der Waals surface area contributed by atoms with Crippen LogP contribution < -0.4 is 10.6 Å². The normalized spacial score (nSPS) is 14.5. The highest BCUT2D eigenvalue weighted by molar-refractivity contribution is 5.86. The Bertz CT molecular complexity index is 206. The lowest BCUT2D eigenvalue weighted by atomic mass is 10.1. The highest BCUT2D eigenvalue weighted by Crippen LogP contribution is 1.97. The maximum absolute atomic E-state index is 11.3. The van der Waals surface area contributed by atoms with Gasteiger partial charge in [0.1, 0.15) is 6.04 Å². The van der Waals surface area contributed by atoms with E-state index in [1.807, 2.05) is 6.92 Å². The Hall–Kier alpha value is -1.10. The summed E-state index contributed by atoms with van der Waals surface area (Å²) in [4.78, 5) is 22.0. The summed E-state index contributed by atoms with van der Waals surface area (Å²) in [6.07, 6.45) is 1.18. The largest absolute Gasteiger partial charge is 0.480 e. The third-order valence-electron chi connectivity index (χ3n) is 2.02. The summed E-state index contributed by atoms with van der Waals surface area (Å²) in [6.45, 7) is 3.56. The summed E-state index contributed by atoms with van der Waals surface area (Å²) < 4.78 is 0. The van der Waals surface area contributed by atoms with Gasteiger partial charge in [0.25, 0.3) is 0 Å². The van der Waals surface area contributed by atoms with Gasteiger partial charge in [0.2, 0.25) is 5.91 Å². The monoisotopic (exact) mass is 202 g/mol. The number of carboxylic acids is 1. The number of carbonyl (C=O) groups excluding carboxylic acids is 1. The highest BCUT2D eigenvalue weighted by atomic mass is 16.4. The van der Waals surface area contributed by atoms with Crippen molar-refractivity contribution in [3.05, 3.63) is 0 Å². The Morgan fingerprint density at radius 2 is 2.00 bits per heavy atom. The fraction of sp³-hybridized carbons (Fsp3) is 0.778. The minimum absolute atomic E-state index is 0.284. The molecule has 0 spiro atoms. The van der Waals surface area contributed by atoms with E-state index in [4.69, 9.17) is 5.11 Å². The van der Waals surface area contributed by atoms with Gasteiger partial charge < -0.3 is 15.7 Å². The van der Waals surface area contributed by atoms with Crippen LogP contribution in [0.2, 0.25) is 0 Å². The Kier molecular flexibility index (Phi) is 5.87. The molecule has 0 aliphatic heterocycles. The Labute approximate surface area is 83.9 Å². The minimum Gasteiger partial charge on any atom is -0.480 e. The lowest BCUT2D eigenvalue weighted by molar-refractivity contribution is -0.142. The Morgan fingerprint density at radius 3 is 2.36 bits per heavy atom. The van der Waals surface area contributed by atoms with Crippen LogP contribution in [0.25, 0.3) is 0 Å². The lowest BCUT2D eigenvalue weighted by Crippen LogP contribution is -2.48. The van der Waals surface area contributed by atoms with Crippen molar-refractivity contribution in [2.24, 2.45) is 0 Å². The first-order chi connectivity index (χ1) is 6.52. The molecule has 5 heteroatoms. The van der Waals surface area contributed by atoms with Crippen LogP contribution in [-0.4, -0.2) is 36.1 Å². The second kappa shape index (κ2) is 6.37. The minimum atomic E-state index is -0.983. The molecule has 0 aliphatic rings. The second-order valence-corrected chi connectivity index (χ2v) is 3.20. The maximum Gasteiger partial charge on any atom is 0.326 e. The molecule has 0 fully saturated rings. The van der Waals surface area contributed by atoms with Gasteiger partial charge in [0.05, 0.1) is 6.04 Å². The third kappa shape index (κ3) is 4.23. The van der Waals surface area contributed by atoms with Crippen molar-refractivity contribution < 1.29 is 14.7 Å². The average molecular weight is 202 g/mol. The molecule has 2 atom stereocenters. The number of carbonyl (C=O) groups is 2. The van der Waals surface area contributed by atoms with Crippen LogP contribution in [-0.2, 0) is 9.59 Å². The van der Waals surface area contributed by atoms with Gasteiger partial charge >= 0.3 is 5.97 Å². The number of aliphatic carboxylic acids is 1. The molecule has 0 saturated carbocycles. The molecule has 82 valence electrons. The second-order valence-electron chi connectivity index (χ2n) is 3.20. The van der Waals surface area contributed by atoms with Crippen molar-refractivity contribution in [1.82, 2.24) is 10.6 Å². The van der Waals surface area contributed by atoms with Gasteiger partial charge in [-0.15, -0.1) is 0 Å². The van der Waals surface area contributed by atoms with Gasteiger partial charge in [-0.1, -0.05) is 13.3 Å². The van der Waals surface area contributed by atoms with Crippen molar-refractivity contribution >= 4 is 11.9 Å². The summed E-state index contributed by atoms with van der Waals surface area (Å²) >= 11 is 0. The van der Waals surface area contributed by atoms with Gasteiger partial charge in [-0.3, -0.25) is 4.79 Å². The molecule has 0 aliphatic carbocycles. The summed E-state index contributed by atoms with van der Waals surface area (Å²) in [5, 5.41) is 14.0. The fourth-order valence-corrected chi connectivity index (χ4v) is 0.974. The van der Waals surface area contributed by atoms with Crippen molar-refractivity contribution in [1.29, 1.82) is 0 Å². The topological polar surface area (TPSA) is 78.4 Å². The van der Waals surface area contributed by atoms with E-state index >= 15 is 0 Å². The van der Waals surface area contributed by atoms with Crippen molar-refractivity contribution in [3.8, 4) is 0 Å². The van der Waals surface area contributed by atoms with Crippen LogP contribution in [0.15, 0.2) is 0 Å². The average Bonchev–Trinajstić information content (AvgIpc) is 2.15. The first-order valence-electron chi connectivity index (χ1n) is 4.73. The van der Waals surface area contributed by atoms with Gasteiger partial charge in [-0.05, 0) is 20.4 Å². The summed E-state index contributed by atoms with van der Waals surface area (Å²) in [5.74, 6) is -1.27. The molecule has 3 N–H and O–H groups in total. The van der Waals surface area contributed by atoms with E-state index in [0.717, 1.165) is 6.42 Å². The predicted molar refractivity (Wildman–Crippen MR) is 53.0 cm³/mol. The quantitative estimate of drug-likeness (QED) is 0.565. The summed E-state index contributed by atoms with van der Waals surface area (Å²) in [6, 6.07) is -1.14. The first kappa shape index (κ1) is 12.9. The van der Waals surface area contributed by atoms with Crippen LogP contribution in [0, 0.1) is 0 Å². The van der Waals surface area contributed by atoms with Gasteiger partial charge in [-0.2, -0.15) is 0 Å². The summed E-state index contributed by atoms with van der Waals surface area (Å²) in [7, 11) is 1.65. The molecule has 0 rings (SSSR count). The fourth-order valence-electron chi connectivity index (χ4n) is 0.974. The van der Waals surface area contributed by atoms with E-state index in [1.54, 1.807) is 14.0 Å². The molecule has 5 nitrogen and oxygen atoms in total. The SMILES string of the molecule is CCC[C@@H](NC(=O)C(C)NC)C(=O)O. The first-order valence-corrected chi connectivity index (χ1v) is 4.73.